The molecular weight excluding hydrogens is 454 g/mol. The van der Waals surface area contributed by atoms with Crippen LogP contribution in [0.3, 0.4) is 0 Å². The lowest BCUT2D eigenvalue weighted by Gasteiger charge is -2.35. The van der Waals surface area contributed by atoms with Crippen LogP contribution in [-0.2, 0) is 9.47 Å². The van der Waals surface area contributed by atoms with Crippen molar-refractivity contribution in [1.29, 1.82) is 0 Å². The molecule has 0 bridgehead atoms. The summed E-state index contributed by atoms with van der Waals surface area (Å²) >= 11 is 0. The number of benzene rings is 1. The number of aliphatic imine (C=N–C) groups is 1. The first-order chi connectivity index (χ1) is 16.9. The largest absolute Gasteiger partial charge is 0.508 e. The number of aliphatic hydroxyl groups is 4. The smallest absolute Gasteiger partial charge is 0.161 e. The molecular formula is C26H29NO8. The van der Waals surface area contributed by atoms with Crippen LogP contribution < -0.4 is 9.47 Å². The van der Waals surface area contributed by atoms with E-state index in [0.29, 0.717) is 30.1 Å². The molecule has 3 aliphatic rings. The lowest BCUT2D eigenvalue weighted by atomic mass is 9.90. The summed E-state index contributed by atoms with van der Waals surface area (Å²) in [5.41, 5.74) is 1.44. The molecule has 0 fully saturated rings. The van der Waals surface area contributed by atoms with Crippen molar-refractivity contribution in [2.75, 3.05) is 20.8 Å². The van der Waals surface area contributed by atoms with E-state index in [-0.39, 0.29) is 35.4 Å². The molecule has 4 rings (SSSR count). The second-order valence-corrected chi connectivity index (χ2v) is 8.20. The molecule has 35 heavy (non-hydrogen) atoms. The summed E-state index contributed by atoms with van der Waals surface area (Å²) in [4.78, 5) is 4.39. The third-order valence-electron chi connectivity index (χ3n) is 5.95. The van der Waals surface area contributed by atoms with E-state index in [4.69, 9.17) is 18.9 Å². The summed E-state index contributed by atoms with van der Waals surface area (Å²) in [7, 11) is 3.16. The Bertz CT molecular complexity index is 1130. The molecule has 4 N–H and O–H groups in total. The number of ether oxygens (including phenoxy) is 4. The maximum atomic E-state index is 10.8. The van der Waals surface area contributed by atoms with Gasteiger partial charge in [0.15, 0.2) is 17.6 Å². The molecule has 1 aliphatic carbocycles. The average Bonchev–Trinajstić information content (AvgIpc) is 3.17. The third kappa shape index (κ3) is 5.43. The number of hydrogen-bond donors (Lipinski definition) is 4. The number of aliphatic hydroxyl groups excluding tert-OH is 4. The van der Waals surface area contributed by atoms with Crippen LogP contribution in [0.5, 0.6) is 11.5 Å². The molecule has 9 heteroatoms. The predicted octanol–water partition coefficient (Wildman–Crippen LogP) is 3.34. The van der Waals surface area contributed by atoms with Crippen molar-refractivity contribution < 1.29 is 39.4 Å². The van der Waals surface area contributed by atoms with Crippen molar-refractivity contribution in [2.24, 2.45) is 4.99 Å². The van der Waals surface area contributed by atoms with Gasteiger partial charge in [0.1, 0.15) is 29.5 Å². The number of allylic oxidation sites excluding steroid dienone is 3. The molecule has 2 heterocycles. The Balaban J connectivity index is 1.51. The van der Waals surface area contributed by atoms with Crippen molar-refractivity contribution in [1.82, 2.24) is 0 Å². The normalized spacial score (nSPS) is 26.0. The van der Waals surface area contributed by atoms with Gasteiger partial charge in [0.25, 0.3) is 0 Å². The lowest BCUT2D eigenvalue weighted by molar-refractivity contribution is -0.0830. The topological polar surface area (TPSA) is 130 Å². The first-order valence-corrected chi connectivity index (χ1v) is 11.2. The minimum absolute atomic E-state index is 0.0565. The maximum Gasteiger partial charge on any atom is 0.161 e. The molecule has 0 aromatic heterocycles. The Kier molecular flexibility index (Phi) is 7.60. The van der Waals surface area contributed by atoms with Gasteiger partial charge in [-0.05, 0) is 35.9 Å². The summed E-state index contributed by atoms with van der Waals surface area (Å²) in [6, 6.07) is 5.10. The second-order valence-electron chi connectivity index (χ2n) is 8.20. The van der Waals surface area contributed by atoms with Gasteiger partial charge in [0.05, 0.1) is 25.4 Å². The van der Waals surface area contributed by atoms with E-state index in [1.807, 2.05) is 18.2 Å². The van der Waals surface area contributed by atoms with Gasteiger partial charge in [-0.3, -0.25) is 4.99 Å². The van der Waals surface area contributed by atoms with Crippen molar-refractivity contribution in [3.05, 3.63) is 83.2 Å². The van der Waals surface area contributed by atoms with Gasteiger partial charge in [-0.25, -0.2) is 0 Å². The highest BCUT2D eigenvalue weighted by atomic mass is 16.5. The number of methoxy groups -OCH3 is 2. The molecule has 0 radical (unpaired) electrons. The van der Waals surface area contributed by atoms with Crippen LogP contribution in [0.2, 0.25) is 0 Å². The van der Waals surface area contributed by atoms with E-state index in [2.05, 4.69) is 4.99 Å². The van der Waals surface area contributed by atoms with Gasteiger partial charge < -0.3 is 39.4 Å². The summed E-state index contributed by atoms with van der Waals surface area (Å²) in [5.74, 6) is 0.710. The fraction of sp³-hybridized carbons (Fsp3) is 0.346. The Morgan fingerprint density at radius 2 is 1.94 bits per heavy atom. The molecule has 9 nitrogen and oxygen atoms in total. The standard InChI is InChI=1S/C26H29NO8/c1-32-18-6-4-16(27-11-9-18)10-12-34-22-13-15(3-7-20(22)33-2)26-25(31)24(30)23-19(29)14-17(28)5-8-21(23)35-26/h3-7,9,11,13-14,18,24-26,28-31H,8,10,12H2,1-2H3. The van der Waals surface area contributed by atoms with Gasteiger partial charge in [-0.2, -0.15) is 0 Å². The van der Waals surface area contributed by atoms with Crippen LogP contribution in [-0.4, -0.2) is 65.3 Å². The maximum absolute atomic E-state index is 10.8. The Hall–Kier alpha value is -3.53. The Morgan fingerprint density at radius 1 is 1.11 bits per heavy atom. The molecule has 1 aromatic rings. The summed E-state index contributed by atoms with van der Waals surface area (Å²) in [6.45, 7) is 0.323. The van der Waals surface area contributed by atoms with Crippen LogP contribution in [0.1, 0.15) is 24.5 Å². The van der Waals surface area contributed by atoms with Gasteiger partial charge in [-0.1, -0.05) is 12.1 Å². The van der Waals surface area contributed by atoms with Crippen LogP contribution in [0.4, 0.5) is 0 Å². The highest BCUT2D eigenvalue weighted by molar-refractivity contribution is 5.95. The third-order valence-corrected chi connectivity index (χ3v) is 5.95. The molecule has 0 spiro atoms. The van der Waals surface area contributed by atoms with Gasteiger partial charge in [0, 0.05) is 37.9 Å². The van der Waals surface area contributed by atoms with Crippen molar-refractivity contribution in [3.8, 4) is 11.5 Å². The van der Waals surface area contributed by atoms with E-state index >= 15 is 0 Å². The average molecular weight is 484 g/mol. The van der Waals surface area contributed by atoms with E-state index in [9.17, 15) is 20.4 Å². The fourth-order valence-electron chi connectivity index (χ4n) is 4.07. The molecule has 0 amide bonds. The molecule has 4 unspecified atom stereocenters. The molecule has 0 saturated carbocycles. The minimum atomic E-state index is -1.41. The Labute approximate surface area is 203 Å². The molecule has 186 valence electrons. The fourth-order valence-corrected chi connectivity index (χ4v) is 4.07. The van der Waals surface area contributed by atoms with Crippen LogP contribution in [0, 0.1) is 0 Å². The lowest BCUT2D eigenvalue weighted by Crippen LogP contribution is -2.40. The molecule has 2 aliphatic heterocycles. The van der Waals surface area contributed by atoms with Crippen molar-refractivity contribution in [3.63, 3.8) is 0 Å². The van der Waals surface area contributed by atoms with Gasteiger partial charge in [-0.15, -0.1) is 0 Å². The predicted molar refractivity (Wildman–Crippen MR) is 129 cm³/mol. The van der Waals surface area contributed by atoms with E-state index < -0.39 is 18.3 Å². The highest BCUT2D eigenvalue weighted by Crippen LogP contribution is 2.41. The van der Waals surface area contributed by atoms with Crippen LogP contribution in [0.15, 0.2) is 82.6 Å². The molecule has 0 saturated heterocycles. The zero-order chi connectivity index (χ0) is 24.9. The monoisotopic (exact) mass is 483 g/mol. The van der Waals surface area contributed by atoms with Crippen LogP contribution >= 0.6 is 0 Å². The molecule has 4 atom stereocenters. The first kappa shape index (κ1) is 24.6. The number of rotatable bonds is 7. The molecule has 1 aromatic carbocycles. The highest BCUT2D eigenvalue weighted by Gasteiger charge is 2.41. The van der Waals surface area contributed by atoms with E-state index in [0.717, 1.165) is 11.8 Å². The second kappa shape index (κ2) is 10.8. The zero-order valence-electron chi connectivity index (χ0n) is 19.5. The SMILES string of the molecule is COc1ccc(C2OC3=C(C(O)=CC(O)=CC3)C(O)C2O)cc1OCCC1=NC=CC(OC)C=C1. The summed E-state index contributed by atoms with van der Waals surface area (Å²) < 4.78 is 22.7. The number of nitrogens with zero attached hydrogens (tertiary/aromatic N) is 1. The Morgan fingerprint density at radius 3 is 2.71 bits per heavy atom. The van der Waals surface area contributed by atoms with Crippen molar-refractivity contribution in [2.45, 2.75) is 37.3 Å². The summed E-state index contributed by atoms with van der Waals surface area (Å²) in [5, 5.41) is 41.6. The van der Waals surface area contributed by atoms with E-state index in [1.54, 1.807) is 31.5 Å². The van der Waals surface area contributed by atoms with Gasteiger partial charge >= 0.3 is 0 Å². The number of hydrogen-bond acceptors (Lipinski definition) is 9. The van der Waals surface area contributed by atoms with Gasteiger partial charge in [0.2, 0.25) is 0 Å². The van der Waals surface area contributed by atoms with E-state index in [1.165, 1.54) is 13.2 Å². The van der Waals surface area contributed by atoms with Crippen molar-refractivity contribution >= 4 is 5.71 Å². The quantitative estimate of drug-likeness (QED) is 0.465. The zero-order valence-corrected chi connectivity index (χ0v) is 19.5. The minimum Gasteiger partial charge on any atom is -0.508 e. The van der Waals surface area contributed by atoms with Crippen LogP contribution in [0.25, 0.3) is 0 Å². The summed E-state index contributed by atoms with van der Waals surface area (Å²) in [6.07, 6.45) is 6.81. The first-order valence-electron chi connectivity index (χ1n) is 11.2.